The molecule has 1 heterocycles. The summed E-state index contributed by atoms with van der Waals surface area (Å²) in [5.74, 6) is -0.145. The molecule has 0 fully saturated rings. The molecule has 0 saturated heterocycles. The molecule has 0 radical (unpaired) electrons. The predicted octanol–water partition coefficient (Wildman–Crippen LogP) is 6.65. The fourth-order valence-electron chi connectivity index (χ4n) is 2.60. The predicted molar refractivity (Wildman–Crippen MR) is 113 cm³/mol. The molecule has 0 aliphatic carbocycles. The van der Waals surface area contributed by atoms with Gasteiger partial charge < -0.3 is 4.90 Å². The third kappa shape index (κ3) is 5.23. The molecule has 0 aliphatic heterocycles. The van der Waals surface area contributed by atoms with E-state index in [9.17, 15) is 4.79 Å². The van der Waals surface area contributed by atoms with Crippen molar-refractivity contribution in [2.45, 2.75) is 13.1 Å². The Morgan fingerprint density at radius 2 is 1.74 bits per heavy atom. The van der Waals surface area contributed by atoms with Crippen LogP contribution in [-0.4, -0.2) is 15.8 Å². The number of amides is 1. The average molecular weight is 485 g/mol. The smallest absolute Gasteiger partial charge is 0.255 e. The third-order valence-corrected chi connectivity index (χ3v) is 5.40. The fraction of sp³-hybridized carbons (Fsp3) is 0.100. The highest BCUT2D eigenvalue weighted by atomic mass is 79.9. The molecular formula is C20H14BrCl3N2O. The van der Waals surface area contributed by atoms with Crippen molar-refractivity contribution in [3.8, 4) is 0 Å². The molecule has 27 heavy (non-hydrogen) atoms. The first-order valence-corrected chi connectivity index (χ1v) is 9.94. The highest BCUT2D eigenvalue weighted by molar-refractivity contribution is 9.10. The first-order chi connectivity index (χ1) is 12.9. The molecule has 1 amide bonds. The molecule has 3 rings (SSSR count). The molecule has 138 valence electrons. The van der Waals surface area contributed by atoms with Crippen LogP contribution in [0.1, 0.15) is 21.5 Å². The average Bonchev–Trinajstić information content (AvgIpc) is 2.63. The van der Waals surface area contributed by atoms with Crippen molar-refractivity contribution in [2.24, 2.45) is 0 Å². The Balaban J connectivity index is 1.94. The summed E-state index contributed by atoms with van der Waals surface area (Å²) in [4.78, 5) is 19.1. The van der Waals surface area contributed by atoms with Crippen molar-refractivity contribution >= 4 is 56.6 Å². The molecule has 3 aromatic rings. The lowest BCUT2D eigenvalue weighted by atomic mass is 10.1. The van der Waals surface area contributed by atoms with Crippen molar-refractivity contribution in [2.75, 3.05) is 0 Å². The van der Waals surface area contributed by atoms with E-state index in [4.69, 9.17) is 34.8 Å². The van der Waals surface area contributed by atoms with Gasteiger partial charge in [0.05, 0.1) is 5.56 Å². The SMILES string of the molecule is O=C(c1ccc(Cl)cc1Br)N(Cc1cccnc1)Cc1ccc(Cl)cc1Cl. The molecule has 0 aliphatic rings. The van der Waals surface area contributed by atoms with Gasteiger partial charge in [0.15, 0.2) is 0 Å². The highest BCUT2D eigenvalue weighted by Crippen LogP contribution is 2.27. The van der Waals surface area contributed by atoms with E-state index in [1.165, 1.54) is 0 Å². The van der Waals surface area contributed by atoms with Crippen LogP contribution < -0.4 is 0 Å². The second-order valence-corrected chi connectivity index (χ2v) is 8.02. The normalized spacial score (nSPS) is 10.7. The van der Waals surface area contributed by atoms with Crippen LogP contribution in [0, 0.1) is 0 Å². The van der Waals surface area contributed by atoms with E-state index in [2.05, 4.69) is 20.9 Å². The summed E-state index contributed by atoms with van der Waals surface area (Å²) in [5.41, 5.74) is 2.25. The van der Waals surface area contributed by atoms with Gasteiger partial charge in [-0.2, -0.15) is 0 Å². The van der Waals surface area contributed by atoms with Crippen molar-refractivity contribution < 1.29 is 4.79 Å². The van der Waals surface area contributed by atoms with E-state index in [0.29, 0.717) is 38.2 Å². The number of carbonyl (C=O) groups excluding carboxylic acids is 1. The molecule has 2 aromatic carbocycles. The van der Waals surface area contributed by atoms with Crippen LogP contribution in [0.15, 0.2) is 65.4 Å². The standard InChI is InChI=1S/C20H14BrCl3N2O/c21-18-8-15(22)5-6-17(18)20(27)26(11-13-2-1-7-25-10-13)12-14-3-4-16(23)9-19(14)24/h1-10H,11-12H2. The van der Waals surface area contributed by atoms with Gasteiger partial charge in [-0.3, -0.25) is 9.78 Å². The zero-order valence-electron chi connectivity index (χ0n) is 14.0. The van der Waals surface area contributed by atoms with Crippen molar-refractivity contribution in [3.05, 3.63) is 97.2 Å². The molecule has 3 nitrogen and oxygen atoms in total. The van der Waals surface area contributed by atoms with Crippen molar-refractivity contribution in [1.29, 1.82) is 0 Å². The molecule has 0 bridgehead atoms. The molecule has 0 unspecified atom stereocenters. The van der Waals surface area contributed by atoms with E-state index in [-0.39, 0.29) is 5.91 Å². The largest absolute Gasteiger partial charge is 0.330 e. The summed E-state index contributed by atoms with van der Waals surface area (Å²) in [5, 5.41) is 1.62. The van der Waals surface area contributed by atoms with Crippen molar-refractivity contribution in [1.82, 2.24) is 9.88 Å². The molecule has 0 atom stereocenters. The van der Waals surface area contributed by atoms with Crippen LogP contribution in [0.3, 0.4) is 0 Å². The summed E-state index contributed by atoms with van der Waals surface area (Å²) < 4.78 is 0.637. The quantitative estimate of drug-likeness (QED) is 0.406. The fourth-order valence-corrected chi connectivity index (χ4v) is 3.92. The molecule has 0 N–H and O–H groups in total. The lowest BCUT2D eigenvalue weighted by Crippen LogP contribution is -2.30. The summed E-state index contributed by atoms with van der Waals surface area (Å²) in [6.07, 6.45) is 3.43. The number of benzene rings is 2. The summed E-state index contributed by atoms with van der Waals surface area (Å²) in [6, 6.07) is 14.1. The first kappa shape index (κ1) is 20.2. The number of hydrogen-bond donors (Lipinski definition) is 0. The molecule has 0 spiro atoms. The summed E-state index contributed by atoms with van der Waals surface area (Å²) in [7, 11) is 0. The lowest BCUT2D eigenvalue weighted by molar-refractivity contribution is 0.0729. The maximum Gasteiger partial charge on any atom is 0.255 e. The zero-order valence-corrected chi connectivity index (χ0v) is 17.9. The van der Waals surface area contributed by atoms with Gasteiger partial charge in [0, 0.05) is 45.0 Å². The number of aromatic nitrogens is 1. The summed E-state index contributed by atoms with van der Waals surface area (Å²) in [6.45, 7) is 0.722. The monoisotopic (exact) mass is 482 g/mol. The highest BCUT2D eigenvalue weighted by Gasteiger charge is 2.20. The lowest BCUT2D eigenvalue weighted by Gasteiger charge is -2.24. The minimum Gasteiger partial charge on any atom is -0.330 e. The van der Waals surface area contributed by atoms with Crippen LogP contribution in [-0.2, 0) is 13.1 Å². The Hall–Kier alpha value is -1.59. The van der Waals surface area contributed by atoms with Gasteiger partial charge in [-0.1, -0.05) is 46.9 Å². The Labute approximate surface area is 181 Å². The van der Waals surface area contributed by atoms with Gasteiger partial charge in [-0.05, 0) is 63.5 Å². The van der Waals surface area contributed by atoms with E-state index < -0.39 is 0 Å². The van der Waals surface area contributed by atoms with Crippen molar-refractivity contribution in [3.63, 3.8) is 0 Å². The Kier molecular flexibility index (Phi) is 6.77. The maximum atomic E-state index is 13.2. The minimum absolute atomic E-state index is 0.145. The van der Waals surface area contributed by atoms with Gasteiger partial charge in [0.1, 0.15) is 0 Å². The van der Waals surface area contributed by atoms with Gasteiger partial charge in [0.2, 0.25) is 0 Å². The Morgan fingerprint density at radius 1 is 1.00 bits per heavy atom. The molecule has 0 saturated carbocycles. The zero-order chi connectivity index (χ0) is 19.4. The van der Waals surface area contributed by atoms with Crippen LogP contribution >= 0.6 is 50.7 Å². The Morgan fingerprint density at radius 3 is 2.41 bits per heavy atom. The minimum atomic E-state index is -0.145. The van der Waals surface area contributed by atoms with E-state index >= 15 is 0 Å². The van der Waals surface area contributed by atoms with Crippen LogP contribution in [0.4, 0.5) is 0 Å². The van der Waals surface area contributed by atoms with Crippen LogP contribution in [0.5, 0.6) is 0 Å². The topological polar surface area (TPSA) is 33.2 Å². The van der Waals surface area contributed by atoms with E-state index in [1.807, 2.05) is 18.2 Å². The van der Waals surface area contributed by atoms with Gasteiger partial charge in [-0.25, -0.2) is 0 Å². The number of nitrogens with zero attached hydrogens (tertiary/aromatic N) is 2. The second kappa shape index (κ2) is 9.07. The maximum absolute atomic E-state index is 13.2. The number of hydrogen-bond acceptors (Lipinski definition) is 2. The third-order valence-electron chi connectivity index (χ3n) is 3.92. The second-order valence-electron chi connectivity index (χ2n) is 5.88. The number of pyridine rings is 1. The molecule has 1 aromatic heterocycles. The van der Waals surface area contributed by atoms with Crippen LogP contribution in [0.25, 0.3) is 0 Å². The molecular weight excluding hydrogens is 470 g/mol. The van der Waals surface area contributed by atoms with Gasteiger partial charge >= 0.3 is 0 Å². The van der Waals surface area contributed by atoms with Crippen LogP contribution in [0.2, 0.25) is 15.1 Å². The number of carbonyl (C=O) groups is 1. The summed E-state index contributed by atoms with van der Waals surface area (Å²) >= 11 is 21.7. The van der Waals surface area contributed by atoms with Gasteiger partial charge in [0.25, 0.3) is 5.91 Å². The number of halogens is 4. The Bertz CT molecular complexity index is 967. The van der Waals surface area contributed by atoms with E-state index in [1.54, 1.807) is 47.6 Å². The van der Waals surface area contributed by atoms with Gasteiger partial charge in [-0.15, -0.1) is 0 Å². The first-order valence-electron chi connectivity index (χ1n) is 8.01. The van der Waals surface area contributed by atoms with E-state index in [0.717, 1.165) is 11.1 Å². The molecule has 7 heteroatoms. The number of rotatable bonds is 5.